The molecule has 2 unspecified atom stereocenters. The molecule has 0 saturated heterocycles. The van der Waals surface area contributed by atoms with Gasteiger partial charge in [0.05, 0.1) is 12.2 Å². The average Bonchev–Trinajstić information content (AvgIpc) is 2.28. The summed E-state index contributed by atoms with van der Waals surface area (Å²) in [4.78, 5) is 0. The molecule has 2 atom stereocenters. The van der Waals surface area contributed by atoms with E-state index in [0.717, 1.165) is 31.5 Å². The van der Waals surface area contributed by atoms with Gasteiger partial charge in [-0.15, -0.1) is 0 Å². The Bertz CT molecular complexity index is 181. The SMILES string of the molecule is CC(C)CCOC1CCCC(OCCC(C)C)C1. The summed E-state index contributed by atoms with van der Waals surface area (Å²) in [5.41, 5.74) is 0. The van der Waals surface area contributed by atoms with Crippen LogP contribution >= 0.6 is 0 Å². The minimum atomic E-state index is 0.446. The highest BCUT2D eigenvalue weighted by molar-refractivity contribution is 4.74. The van der Waals surface area contributed by atoms with Crippen LogP contribution in [-0.2, 0) is 9.47 Å². The van der Waals surface area contributed by atoms with Gasteiger partial charge >= 0.3 is 0 Å². The minimum Gasteiger partial charge on any atom is -0.378 e. The van der Waals surface area contributed by atoms with Gasteiger partial charge in [-0.05, 0) is 50.4 Å². The van der Waals surface area contributed by atoms with Crippen molar-refractivity contribution < 1.29 is 9.47 Å². The van der Waals surface area contributed by atoms with E-state index in [0.29, 0.717) is 12.2 Å². The van der Waals surface area contributed by atoms with Crippen molar-refractivity contribution in [3.05, 3.63) is 0 Å². The lowest BCUT2D eigenvalue weighted by molar-refractivity contribution is -0.0483. The lowest BCUT2D eigenvalue weighted by atomic mass is 9.94. The van der Waals surface area contributed by atoms with E-state index < -0.39 is 0 Å². The summed E-state index contributed by atoms with van der Waals surface area (Å²) in [6.45, 7) is 10.8. The van der Waals surface area contributed by atoms with E-state index in [4.69, 9.17) is 9.47 Å². The molecule has 1 aliphatic carbocycles. The molecule has 2 nitrogen and oxygen atoms in total. The normalized spacial score (nSPS) is 25.0. The fourth-order valence-electron chi connectivity index (χ4n) is 2.35. The molecule has 0 aromatic heterocycles. The van der Waals surface area contributed by atoms with Gasteiger partial charge in [-0.2, -0.15) is 0 Å². The van der Waals surface area contributed by atoms with Gasteiger partial charge in [0.15, 0.2) is 0 Å². The quantitative estimate of drug-likeness (QED) is 0.640. The predicted octanol–water partition coefficient (Wildman–Crippen LogP) is 4.42. The van der Waals surface area contributed by atoms with Gasteiger partial charge < -0.3 is 9.47 Å². The molecule has 2 heteroatoms. The van der Waals surface area contributed by atoms with Crippen molar-refractivity contribution in [3.63, 3.8) is 0 Å². The topological polar surface area (TPSA) is 18.5 Å². The van der Waals surface area contributed by atoms with Crippen molar-refractivity contribution in [1.29, 1.82) is 0 Å². The fraction of sp³-hybridized carbons (Fsp3) is 1.00. The molecule has 0 aromatic carbocycles. The third-order valence-electron chi connectivity index (χ3n) is 3.68. The van der Waals surface area contributed by atoms with Crippen molar-refractivity contribution in [2.75, 3.05) is 13.2 Å². The van der Waals surface area contributed by atoms with Crippen LogP contribution in [0.4, 0.5) is 0 Å². The zero-order valence-electron chi connectivity index (χ0n) is 12.8. The highest BCUT2D eigenvalue weighted by Gasteiger charge is 2.22. The number of hydrogen-bond donors (Lipinski definition) is 0. The maximum absolute atomic E-state index is 5.97. The first kappa shape index (κ1) is 16.0. The average molecular weight is 256 g/mol. The van der Waals surface area contributed by atoms with Gasteiger partial charge in [0.25, 0.3) is 0 Å². The maximum Gasteiger partial charge on any atom is 0.0599 e. The van der Waals surface area contributed by atoms with Crippen LogP contribution in [-0.4, -0.2) is 25.4 Å². The Morgan fingerprint density at radius 3 is 1.67 bits per heavy atom. The molecule has 0 spiro atoms. The van der Waals surface area contributed by atoms with E-state index in [1.54, 1.807) is 0 Å². The van der Waals surface area contributed by atoms with Crippen LogP contribution < -0.4 is 0 Å². The Hall–Kier alpha value is -0.0800. The van der Waals surface area contributed by atoms with Crippen molar-refractivity contribution in [2.24, 2.45) is 11.8 Å². The van der Waals surface area contributed by atoms with Crippen LogP contribution in [0.25, 0.3) is 0 Å². The second kappa shape index (κ2) is 8.92. The monoisotopic (exact) mass is 256 g/mol. The van der Waals surface area contributed by atoms with Crippen molar-refractivity contribution in [3.8, 4) is 0 Å². The standard InChI is InChI=1S/C16H32O2/c1-13(2)8-10-17-15-6-5-7-16(12-15)18-11-9-14(3)4/h13-16H,5-12H2,1-4H3. The number of hydrogen-bond acceptors (Lipinski definition) is 2. The molecule has 1 fully saturated rings. The smallest absolute Gasteiger partial charge is 0.0599 e. The molecule has 0 aliphatic heterocycles. The Kier molecular flexibility index (Phi) is 7.92. The van der Waals surface area contributed by atoms with Crippen LogP contribution in [0, 0.1) is 11.8 Å². The van der Waals surface area contributed by atoms with E-state index in [2.05, 4.69) is 27.7 Å². The molecule has 1 saturated carbocycles. The summed E-state index contributed by atoms with van der Waals surface area (Å²) in [7, 11) is 0. The van der Waals surface area contributed by atoms with Crippen molar-refractivity contribution in [1.82, 2.24) is 0 Å². The molecule has 0 N–H and O–H groups in total. The summed E-state index contributed by atoms with van der Waals surface area (Å²) in [6, 6.07) is 0. The number of rotatable bonds is 8. The first-order valence-electron chi connectivity index (χ1n) is 7.81. The summed E-state index contributed by atoms with van der Waals surface area (Å²) < 4.78 is 11.9. The first-order valence-corrected chi connectivity index (χ1v) is 7.81. The van der Waals surface area contributed by atoms with Gasteiger partial charge in [0.2, 0.25) is 0 Å². The summed E-state index contributed by atoms with van der Waals surface area (Å²) in [6.07, 6.45) is 8.06. The van der Waals surface area contributed by atoms with Gasteiger partial charge in [0.1, 0.15) is 0 Å². The van der Waals surface area contributed by atoms with Crippen molar-refractivity contribution >= 4 is 0 Å². The molecule has 1 aliphatic rings. The zero-order chi connectivity index (χ0) is 13.4. The fourth-order valence-corrected chi connectivity index (χ4v) is 2.35. The largest absolute Gasteiger partial charge is 0.378 e. The lowest BCUT2D eigenvalue weighted by Crippen LogP contribution is -2.29. The van der Waals surface area contributed by atoms with Crippen LogP contribution in [0.3, 0.4) is 0 Å². The molecule has 108 valence electrons. The van der Waals surface area contributed by atoms with E-state index >= 15 is 0 Å². The Morgan fingerprint density at radius 1 is 0.833 bits per heavy atom. The Morgan fingerprint density at radius 2 is 1.28 bits per heavy atom. The molecule has 0 aromatic rings. The van der Waals surface area contributed by atoms with E-state index in [9.17, 15) is 0 Å². The molecule has 0 radical (unpaired) electrons. The molecule has 1 rings (SSSR count). The second-order valence-electron chi connectivity index (χ2n) is 6.52. The number of ether oxygens (including phenoxy) is 2. The van der Waals surface area contributed by atoms with Crippen molar-refractivity contribution in [2.45, 2.75) is 78.4 Å². The van der Waals surface area contributed by atoms with Gasteiger partial charge in [-0.25, -0.2) is 0 Å². The first-order chi connectivity index (χ1) is 8.58. The van der Waals surface area contributed by atoms with Gasteiger partial charge in [0, 0.05) is 13.2 Å². The van der Waals surface area contributed by atoms with E-state index in [-0.39, 0.29) is 0 Å². The van der Waals surface area contributed by atoms with Crippen LogP contribution in [0.5, 0.6) is 0 Å². The van der Waals surface area contributed by atoms with E-state index in [1.807, 2.05) is 0 Å². The molecular formula is C16H32O2. The predicted molar refractivity (Wildman–Crippen MR) is 76.9 cm³/mol. The maximum atomic E-state index is 5.97. The van der Waals surface area contributed by atoms with Gasteiger partial charge in [-0.3, -0.25) is 0 Å². The Balaban J connectivity index is 2.11. The second-order valence-corrected chi connectivity index (χ2v) is 6.52. The minimum absolute atomic E-state index is 0.446. The Labute approximate surface area is 113 Å². The van der Waals surface area contributed by atoms with Gasteiger partial charge in [-0.1, -0.05) is 27.7 Å². The lowest BCUT2D eigenvalue weighted by Gasteiger charge is -2.29. The van der Waals surface area contributed by atoms with Crippen LogP contribution in [0.15, 0.2) is 0 Å². The third-order valence-corrected chi connectivity index (χ3v) is 3.68. The molecule has 18 heavy (non-hydrogen) atoms. The zero-order valence-corrected chi connectivity index (χ0v) is 12.8. The van der Waals surface area contributed by atoms with Crippen LogP contribution in [0.2, 0.25) is 0 Å². The molecule has 0 amide bonds. The summed E-state index contributed by atoms with van der Waals surface area (Å²) in [5, 5.41) is 0. The van der Waals surface area contributed by atoms with E-state index in [1.165, 1.54) is 32.1 Å². The highest BCUT2D eigenvalue weighted by atomic mass is 16.5. The van der Waals surface area contributed by atoms with Crippen LogP contribution in [0.1, 0.15) is 66.2 Å². The highest BCUT2D eigenvalue weighted by Crippen LogP contribution is 2.24. The summed E-state index contributed by atoms with van der Waals surface area (Å²) in [5.74, 6) is 1.48. The third kappa shape index (κ3) is 7.38. The molecule has 0 heterocycles. The molecular weight excluding hydrogens is 224 g/mol. The summed E-state index contributed by atoms with van der Waals surface area (Å²) >= 11 is 0. The molecule has 0 bridgehead atoms.